The Labute approximate surface area is 106 Å². The van der Waals surface area contributed by atoms with Crippen LogP contribution in [0.4, 0.5) is 0 Å². The van der Waals surface area contributed by atoms with Crippen LogP contribution in [-0.4, -0.2) is 11.0 Å². The number of phenols is 1. The fourth-order valence-corrected chi connectivity index (χ4v) is 1.85. The Bertz CT molecular complexity index is 550. The third-order valence-corrected chi connectivity index (χ3v) is 2.83. The summed E-state index contributed by atoms with van der Waals surface area (Å²) >= 11 is 0. The van der Waals surface area contributed by atoms with Crippen molar-refractivity contribution in [2.24, 2.45) is 5.73 Å². The highest BCUT2D eigenvalue weighted by Crippen LogP contribution is 2.26. The molecular weight excluding hydrogens is 226 g/mol. The minimum absolute atomic E-state index is 0.205. The molecule has 0 radical (unpaired) electrons. The second-order valence-electron chi connectivity index (χ2n) is 4.18. The summed E-state index contributed by atoms with van der Waals surface area (Å²) in [5.74, 6) is -0.157. The van der Waals surface area contributed by atoms with E-state index in [-0.39, 0.29) is 18.1 Å². The molecule has 0 fully saturated rings. The third-order valence-electron chi connectivity index (χ3n) is 2.83. The fraction of sp³-hybridized carbons (Fsp3) is 0.133. The van der Waals surface area contributed by atoms with Gasteiger partial charge in [-0.25, -0.2) is 0 Å². The average molecular weight is 241 g/mol. The van der Waals surface area contributed by atoms with Gasteiger partial charge in [0.25, 0.3) is 0 Å². The van der Waals surface area contributed by atoms with Gasteiger partial charge in [-0.2, -0.15) is 0 Å². The Morgan fingerprint density at radius 2 is 1.78 bits per heavy atom. The first-order chi connectivity index (χ1) is 8.66. The van der Waals surface area contributed by atoms with Crippen LogP contribution in [0.5, 0.6) is 5.75 Å². The molecule has 0 saturated heterocycles. The van der Waals surface area contributed by atoms with Crippen LogP contribution in [0.15, 0.2) is 48.5 Å². The van der Waals surface area contributed by atoms with E-state index in [1.807, 2.05) is 42.5 Å². The number of aromatic hydroxyl groups is 1. The van der Waals surface area contributed by atoms with Crippen LogP contribution in [0.2, 0.25) is 0 Å². The van der Waals surface area contributed by atoms with E-state index in [0.29, 0.717) is 6.42 Å². The van der Waals surface area contributed by atoms with Gasteiger partial charge in [0.15, 0.2) is 0 Å². The van der Waals surface area contributed by atoms with E-state index < -0.39 is 0 Å². The van der Waals surface area contributed by atoms with E-state index in [1.165, 1.54) is 0 Å². The van der Waals surface area contributed by atoms with E-state index in [0.717, 1.165) is 16.7 Å². The Morgan fingerprint density at radius 3 is 2.44 bits per heavy atom. The molecule has 0 unspecified atom stereocenters. The first-order valence-corrected chi connectivity index (χ1v) is 5.82. The monoisotopic (exact) mass is 241 g/mol. The summed E-state index contributed by atoms with van der Waals surface area (Å²) in [6.07, 6.45) is 0.702. The number of rotatable bonds is 4. The molecule has 1 amide bonds. The minimum atomic E-state index is -0.362. The Hall–Kier alpha value is -2.29. The van der Waals surface area contributed by atoms with Gasteiger partial charge in [0.1, 0.15) is 5.75 Å². The topological polar surface area (TPSA) is 63.3 Å². The smallest absolute Gasteiger partial charge is 0.217 e. The zero-order valence-electron chi connectivity index (χ0n) is 9.97. The first-order valence-electron chi connectivity index (χ1n) is 5.82. The van der Waals surface area contributed by atoms with E-state index in [4.69, 9.17) is 5.73 Å². The molecule has 0 spiro atoms. The summed E-state index contributed by atoms with van der Waals surface area (Å²) in [7, 11) is 0. The number of benzene rings is 2. The number of primary amides is 1. The number of phenolic OH excluding ortho intramolecular Hbond substituents is 1. The van der Waals surface area contributed by atoms with Crippen molar-refractivity contribution in [2.45, 2.75) is 12.8 Å². The number of aryl methyl sites for hydroxylation is 1. The van der Waals surface area contributed by atoms with E-state index in [9.17, 15) is 9.90 Å². The predicted molar refractivity (Wildman–Crippen MR) is 71.1 cm³/mol. The Morgan fingerprint density at radius 1 is 1.06 bits per heavy atom. The van der Waals surface area contributed by atoms with Crippen molar-refractivity contribution in [3.05, 3.63) is 54.1 Å². The molecule has 0 saturated carbocycles. The molecule has 3 heteroatoms. The molecular formula is C15H15NO2. The van der Waals surface area contributed by atoms with Crippen LogP contribution in [-0.2, 0) is 11.2 Å². The normalized spacial score (nSPS) is 10.2. The summed E-state index contributed by atoms with van der Waals surface area (Å²) in [6.45, 7) is 0. The van der Waals surface area contributed by atoms with Crippen LogP contribution >= 0.6 is 0 Å². The number of amides is 1. The molecule has 0 bridgehead atoms. The highest BCUT2D eigenvalue weighted by molar-refractivity contribution is 5.74. The maximum atomic E-state index is 10.8. The first kappa shape index (κ1) is 12.2. The van der Waals surface area contributed by atoms with Crippen molar-refractivity contribution < 1.29 is 9.90 Å². The van der Waals surface area contributed by atoms with Gasteiger partial charge in [-0.15, -0.1) is 0 Å². The lowest BCUT2D eigenvalue weighted by Crippen LogP contribution is -2.11. The van der Waals surface area contributed by atoms with Crippen molar-refractivity contribution in [3.8, 4) is 16.9 Å². The SMILES string of the molecule is NC(=O)CCc1cc(-c2ccccc2)ccc1O. The summed E-state index contributed by atoms with van der Waals surface area (Å²) in [4.78, 5) is 10.8. The number of carbonyl (C=O) groups is 1. The maximum Gasteiger partial charge on any atom is 0.217 e. The quantitative estimate of drug-likeness (QED) is 0.863. The lowest BCUT2D eigenvalue weighted by molar-refractivity contribution is -0.117. The minimum Gasteiger partial charge on any atom is -0.508 e. The number of hydrogen-bond acceptors (Lipinski definition) is 2. The van der Waals surface area contributed by atoms with Crippen molar-refractivity contribution in [1.29, 1.82) is 0 Å². The summed E-state index contributed by atoms with van der Waals surface area (Å²) in [5.41, 5.74) is 7.97. The van der Waals surface area contributed by atoms with Gasteiger partial charge < -0.3 is 10.8 Å². The van der Waals surface area contributed by atoms with Gasteiger partial charge in [0.05, 0.1) is 0 Å². The van der Waals surface area contributed by atoms with E-state index >= 15 is 0 Å². The molecule has 0 aliphatic heterocycles. The summed E-state index contributed by atoms with van der Waals surface area (Å²) in [5, 5.41) is 9.74. The highest BCUT2D eigenvalue weighted by Gasteiger charge is 2.06. The lowest BCUT2D eigenvalue weighted by atomic mass is 10.00. The molecule has 3 nitrogen and oxygen atoms in total. The van der Waals surface area contributed by atoms with Gasteiger partial charge in [0, 0.05) is 6.42 Å². The van der Waals surface area contributed by atoms with Crippen LogP contribution in [0.25, 0.3) is 11.1 Å². The average Bonchev–Trinajstić information content (AvgIpc) is 2.38. The standard InChI is InChI=1S/C15H15NO2/c16-15(18)9-7-13-10-12(6-8-14(13)17)11-4-2-1-3-5-11/h1-6,8,10,17H,7,9H2,(H2,16,18). The lowest BCUT2D eigenvalue weighted by Gasteiger charge is -2.07. The van der Waals surface area contributed by atoms with Crippen molar-refractivity contribution >= 4 is 5.91 Å². The largest absolute Gasteiger partial charge is 0.508 e. The highest BCUT2D eigenvalue weighted by atomic mass is 16.3. The predicted octanol–water partition coefficient (Wildman–Crippen LogP) is 2.48. The maximum absolute atomic E-state index is 10.8. The van der Waals surface area contributed by atoms with Crippen molar-refractivity contribution in [1.82, 2.24) is 0 Å². The molecule has 0 aromatic heterocycles. The molecule has 0 atom stereocenters. The Kier molecular flexibility index (Phi) is 3.63. The zero-order valence-corrected chi connectivity index (χ0v) is 9.97. The second kappa shape index (κ2) is 5.36. The van der Waals surface area contributed by atoms with Crippen LogP contribution in [0.3, 0.4) is 0 Å². The number of nitrogens with two attached hydrogens (primary N) is 1. The molecule has 18 heavy (non-hydrogen) atoms. The molecule has 2 rings (SSSR count). The van der Waals surface area contributed by atoms with Crippen LogP contribution < -0.4 is 5.73 Å². The molecule has 92 valence electrons. The van der Waals surface area contributed by atoms with Gasteiger partial charge in [-0.3, -0.25) is 4.79 Å². The van der Waals surface area contributed by atoms with E-state index in [1.54, 1.807) is 6.07 Å². The van der Waals surface area contributed by atoms with Gasteiger partial charge in [0.2, 0.25) is 5.91 Å². The molecule has 3 N–H and O–H groups in total. The van der Waals surface area contributed by atoms with Crippen LogP contribution in [0, 0.1) is 0 Å². The van der Waals surface area contributed by atoms with Gasteiger partial charge in [-0.1, -0.05) is 36.4 Å². The Balaban J connectivity index is 2.29. The van der Waals surface area contributed by atoms with E-state index in [2.05, 4.69) is 0 Å². The summed E-state index contributed by atoms with van der Waals surface area (Å²) in [6, 6.07) is 15.3. The van der Waals surface area contributed by atoms with Crippen LogP contribution in [0.1, 0.15) is 12.0 Å². The van der Waals surface area contributed by atoms with Gasteiger partial charge in [-0.05, 0) is 35.2 Å². The molecule has 0 aliphatic carbocycles. The zero-order chi connectivity index (χ0) is 13.0. The fourth-order valence-electron chi connectivity index (χ4n) is 1.85. The molecule has 2 aromatic rings. The second-order valence-corrected chi connectivity index (χ2v) is 4.18. The number of hydrogen-bond donors (Lipinski definition) is 2. The molecule has 0 heterocycles. The van der Waals surface area contributed by atoms with Crippen molar-refractivity contribution in [2.75, 3.05) is 0 Å². The number of carbonyl (C=O) groups excluding carboxylic acids is 1. The van der Waals surface area contributed by atoms with Gasteiger partial charge >= 0.3 is 0 Å². The molecule has 0 aliphatic rings. The van der Waals surface area contributed by atoms with Crippen molar-refractivity contribution in [3.63, 3.8) is 0 Å². The molecule has 2 aromatic carbocycles. The third kappa shape index (κ3) is 2.88. The summed E-state index contributed by atoms with van der Waals surface area (Å²) < 4.78 is 0.